The Labute approximate surface area is 108 Å². The summed E-state index contributed by atoms with van der Waals surface area (Å²) in [7, 11) is 0. The minimum atomic E-state index is -0.134. The minimum Gasteiger partial charge on any atom is -0.399 e. The Bertz CT molecular complexity index is 416. The summed E-state index contributed by atoms with van der Waals surface area (Å²) in [5, 5.41) is 5.87. The smallest absolute Gasteiger partial charge is 0.319 e. The maximum atomic E-state index is 11.9. The van der Waals surface area contributed by atoms with E-state index in [-0.39, 0.29) is 12.1 Å². The van der Waals surface area contributed by atoms with E-state index in [0.717, 1.165) is 12.1 Å². The summed E-state index contributed by atoms with van der Waals surface area (Å²) in [5.41, 5.74) is 7.05. The first kappa shape index (κ1) is 12.7. The highest BCUT2D eigenvalue weighted by Crippen LogP contribution is 2.31. The van der Waals surface area contributed by atoms with Crippen LogP contribution in [-0.4, -0.2) is 12.1 Å². The maximum absolute atomic E-state index is 11.9. The molecule has 0 aliphatic heterocycles. The molecule has 2 rings (SSSR count). The van der Waals surface area contributed by atoms with Gasteiger partial charge in [-0.05, 0) is 48.9 Å². The summed E-state index contributed by atoms with van der Waals surface area (Å²) in [6, 6.07) is 7.30. The van der Waals surface area contributed by atoms with E-state index in [2.05, 4.69) is 24.5 Å². The van der Waals surface area contributed by atoms with Gasteiger partial charge in [0.1, 0.15) is 0 Å². The van der Waals surface area contributed by atoms with Crippen LogP contribution in [0.25, 0.3) is 0 Å². The van der Waals surface area contributed by atoms with Crippen LogP contribution >= 0.6 is 0 Å². The molecule has 1 aliphatic carbocycles. The molecule has 1 aromatic rings. The van der Waals surface area contributed by atoms with Gasteiger partial charge < -0.3 is 16.4 Å². The maximum Gasteiger partial charge on any atom is 0.319 e. The van der Waals surface area contributed by atoms with Crippen LogP contribution in [0.2, 0.25) is 0 Å². The molecule has 0 saturated heterocycles. The van der Waals surface area contributed by atoms with Crippen LogP contribution < -0.4 is 16.4 Å². The molecule has 98 valence electrons. The van der Waals surface area contributed by atoms with Gasteiger partial charge in [0.25, 0.3) is 0 Å². The number of hydrogen-bond acceptors (Lipinski definition) is 2. The third-order valence-electron chi connectivity index (χ3n) is 3.95. The van der Waals surface area contributed by atoms with Gasteiger partial charge in [-0.3, -0.25) is 0 Å². The van der Waals surface area contributed by atoms with E-state index in [4.69, 9.17) is 5.73 Å². The van der Waals surface area contributed by atoms with Crippen molar-refractivity contribution < 1.29 is 4.79 Å². The molecule has 1 aromatic carbocycles. The topological polar surface area (TPSA) is 67.2 Å². The molecule has 0 radical (unpaired) electrons. The van der Waals surface area contributed by atoms with Crippen molar-refractivity contribution in [1.29, 1.82) is 0 Å². The monoisotopic (exact) mass is 247 g/mol. The zero-order chi connectivity index (χ0) is 13.1. The molecule has 4 N–H and O–H groups in total. The molecule has 4 nitrogen and oxygen atoms in total. The van der Waals surface area contributed by atoms with Crippen LogP contribution in [0.4, 0.5) is 16.2 Å². The van der Waals surface area contributed by atoms with Gasteiger partial charge in [0, 0.05) is 17.4 Å². The Morgan fingerprint density at radius 2 is 1.89 bits per heavy atom. The predicted octanol–water partition coefficient (Wildman–Crippen LogP) is 2.82. The van der Waals surface area contributed by atoms with Gasteiger partial charge in [0.2, 0.25) is 0 Å². The lowest BCUT2D eigenvalue weighted by molar-refractivity contribution is 0.244. The van der Waals surface area contributed by atoms with Crippen LogP contribution in [-0.2, 0) is 0 Å². The van der Waals surface area contributed by atoms with E-state index in [1.165, 1.54) is 6.42 Å². The fraction of sp³-hybridized carbons (Fsp3) is 0.500. The zero-order valence-electron chi connectivity index (χ0n) is 10.9. The Hall–Kier alpha value is -1.71. The normalized spacial score (nSPS) is 26.9. The summed E-state index contributed by atoms with van der Waals surface area (Å²) in [6.07, 6.45) is 2.26. The fourth-order valence-corrected chi connectivity index (χ4v) is 2.47. The van der Waals surface area contributed by atoms with Crippen LogP contribution in [0.3, 0.4) is 0 Å². The highest BCUT2D eigenvalue weighted by atomic mass is 16.2. The van der Waals surface area contributed by atoms with Gasteiger partial charge in [0.05, 0.1) is 0 Å². The second kappa shape index (κ2) is 5.29. The van der Waals surface area contributed by atoms with Gasteiger partial charge in [-0.25, -0.2) is 4.79 Å². The van der Waals surface area contributed by atoms with E-state index < -0.39 is 0 Å². The average molecular weight is 247 g/mol. The SMILES string of the molecule is CC1CCC(NC(=O)Nc2ccc(N)cc2)C1C. The quantitative estimate of drug-likeness (QED) is 0.703. The highest BCUT2D eigenvalue weighted by molar-refractivity contribution is 5.89. The van der Waals surface area contributed by atoms with E-state index in [9.17, 15) is 4.79 Å². The van der Waals surface area contributed by atoms with Gasteiger partial charge in [0.15, 0.2) is 0 Å². The molecule has 3 atom stereocenters. The van der Waals surface area contributed by atoms with Gasteiger partial charge >= 0.3 is 6.03 Å². The van der Waals surface area contributed by atoms with E-state index >= 15 is 0 Å². The van der Waals surface area contributed by atoms with Gasteiger partial charge in [-0.1, -0.05) is 13.8 Å². The number of nitrogens with two attached hydrogens (primary N) is 1. The number of nitrogens with one attached hydrogen (secondary N) is 2. The average Bonchev–Trinajstić information content (AvgIpc) is 2.64. The Morgan fingerprint density at radius 1 is 1.22 bits per heavy atom. The third-order valence-corrected chi connectivity index (χ3v) is 3.95. The van der Waals surface area contributed by atoms with E-state index in [0.29, 0.717) is 17.5 Å². The second-order valence-corrected chi connectivity index (χ2v) is 5.24. The van der Waals surface area contributed by atoms with Gasteiger partial charge in [-0.15, -0.1) is 0 Å². The number of carbonyl (C=O) groups is 1. The fourth-order valence-electron chi connectivity index (χ4n) is 2.47. The molecule has 1 fully saturated rings. The van der Waals surface area contributed by atoms with Crippen molar-refractivity contribution in [2.24, 2.45) is 11.8 Å². The van der Waals surface area contributed by atoms with Crippen LogP contribution in [0.5, 0.6) is 0 Å². The molecule has 1 saturated carbocycles. The molecule has 3 unspecified atom stereocenters. The van der Waals surface area contributed by atoms with Gasteiger partial charge in [-0.2, -0.15) is 0 Å². The van der Waals surface area contributed by atoms with E-state index in [1.807, 2.05) is 0 Å². The first-order valence-electron chi connectivity index (χ1n) is 6.49. The molecule has 1 aliphatic rings. The lowest BCUT2D eigenvalue weighted by atomic mass is 9.98. The van der Waals surface area contributed by atoms with Crippen molar-refractivity contribution >= 4 is 17.4 Å². The van der Waals surface area contributed by atoms with Crippen LogP contribution in [0, 0.1) is 11.8 Å². The van der Waals surface area contributed by atoms with Crippen molar-refractivity contribution in [2.45, 2.75) is 32.7 Å². The van der Waals surface area contributed by atoms with Crippen LogP contribution in [0.1, 0.15) is 26.7 Å². The highest BCUT2D eigenvalue weighted by Gasteiger charge is 2.30. The lowest BCUT2D eigenvalue weighted by Crippen LogP contribution is -2.40. The number of nitrogen functional groups attached to an aromatic ring is 1. The van der Waals surface area contributed by atoms with Crippen molar-refractivity contribution in [2.75, 3.05) is 11.1 Å². The number of anilines is 2. The first-order chi connectivity index (χ1) is 8.56. The Balaban J connectivity index is 1.87. The summed E-state index contributed by atoms with van der Waals surface area (Å²) < 4.78 is 0. The number of amides is 2. The summed E-state index contributed by atoms with van der Waals surface area (Å²) in [5.74, 6) is 1.23. The zero-order valence-corrected chi connectivity index (χ0v) is 10.9. The number of rotatable bonds is 2. The molecular weight excluding hydrogens is 226 g/mol. The predicted molar refractivity (Wildman–Crippen MR) is 74.4 cm³/mol. The number of carbonyl (C=O) groups excluding carboxylic acids is 1. The van der Waals surface area contributed by atoms with Crippen LogP contribution in [0.15, 0.2) is 24.3 Å². The third kappa shape index (κ3) is 2.94. The molecule has 0 aromatic heterocycles. The molecule has 0 bridgehead atoms. The standard InChI is InChI=1S/C14H21N3O/c1-9-3-8-13(10(9)2)17-14(18)16-12-6-4-11(15)5-7-12/h4-7,9-10,13H,3,8,15H2,1-2H3,(H2,16,17,18). The second-order valence-electron chi connectivity index (χ2n) is 5.24. The molecule has 0 spiro atoms. The number of urea groups is 1. The molecule has 4 heteroatoms. The first-order valence-corrected chi connectivity index (χ1v) is 6.49. The summed E-state index contributed by atoms with van der Waals surface area (Å²) in [6.45, 7) is 4.44. The summed E-state index contributed by atoms with van der Waals surface area (Å²) >= 11 is 0. The summed E-state index contributed by atoms with van der Waals surface area (Å²) in [4.78, 5) is 11.9. The molecular formula is C14H21N3O. The molecule has 2 amide bonds. The van der Waals surface area contributed by atoms with Crippen molar-refractivity contribution in [3.05, 3.63) is 24.3 Å². The van der Waals surface area contributed by atoms with Crippen molar-refractivity contribution in [3.8, 4) is 0 Å². The minimum absolute atomic E-state index is 0.134. The Kier molecular flexibility index (Phi) is 3.75. The Morgan fingerprint density at radius 3 is 2.44 bits per heavy atom. The van der Waals surface area contributed by atoms with E-state index in [1.54, 1.807) is 24.3 Å². The lowest BCUT2D eigenvalue weighted by Gasteiger charge is -2.19. The van der Waals surface area contributed by atoms with Crippen molar-refractivity contribution in [3.63, 3.8) is 0 Å². The molecule has 18 heavy (non-hydrogen) atoms. The number of benzene rings is 1. The number of hydrogen-bond donors (Lipinski definition) is 3. The largest absolute Gasteiger partial charge is 0.399 e. The van der Waals surface area contributed by atoms with Crippen molar-refractivity contribution in [1.82, 2.24) is 5.32 Å². The molecule has 0 heterocycles.